The van der Waals surface area contributed by atoms with Crippen molar-refractivity contribution in [2.24, 2.45) is 0 Å². The van der Waals surface area contributed by atoms with Crippen LogP contribution in [0.3, 0.4) is 0 Å². The van der Waals surface area contributed by atoms with Crippen LogP contribution in [-0.2, 0) is 16.1 Å². The monoisotopic (exact) mass is 484 g/mol. The van der Waals surface area contributed by atoms with Crippen LogP contribution in [0.5, 0.6) is 11.5 Å². The number of benzene rings is 2. The predicted molar refractivity (Wildman–Crippen MR) is 136 cm³/mol. The standard InChI is InChI=1S/C29H28N2O5/c1-3-35-24-15-13-22(17-25(24)36-4-2)27-26(23(32)14-12-20-9-6-5-7-10-20)28(33)29(34)31(27)19-21-11-8-16-30-18-21/h5-18,27,33H,3-4,19H2,1-2H3. The predicted octanol–water partition coefficient (Wildman–Crippen LogP) is 5.06. The average Bonchev–Trinajstić information content (AvgIpc) is 3.15. The molecule has 0 fully saturated rings. The molecule has 36 heavy (non-hydrogen) atoms. The van der Waals surface area contributed by atoms with Crippen molar-refractivity contribution in [1.29, 1.82) is 0 Å². The molecule has 2 aromatic carbocycles. The van der Waals surface area contributed by atoms with Gasteiger partial charge in [0.15, 0.2) is 23.0 Å². The Kier molecular flexibility index (Phi) is 7.80. The summed E-state index contributed by atoms with van der Waals surface area (Å²) in [6.45, 7) is 4.79. The van der Waals surface area contributed by atoms with Crippen molar-refractivity contribution in [1.82, 2.24) is 9.88 Å². The van der Waals surface area contributed by atoms with Crippen molar-refractivity contribution in [2.45, 2.75) is 26.4 Å². The summed E-state index contributed by atoms with van der Waals surface area (Å²) in [5, 5.41) is 10.9. The Labute approximate surface area is 210 Å². The molecule has 0 radical (unpaired) electrons. The molecular formula is C29H28N2O5. The zero-order valence-electron chi connectivity index (χ0n) is 20.3. The molecule has 0 spiro atoms. The molecule has 1 unspecified atom stereocenters. The summed E-state index contributed by atoms with van der Waals surface area (Å²) in [5.74, 6) is -0.555. The molecule has 4 rings (SSSR count). The molecule has 7 nitrogen and oxygen atoms in total. The van der Waals surface area contributed by atoms with Crippen LogP contribution >= 0.6 is 0 Å². The minimum Gasteiger partial charge on any atom is -0.503 e. The van der Waals surface area contributed by atoms with Crippen LogP contribution in [0.25, 0.3) is 6.08 Å². The summed E-state index contributed by atoms with van der Waals surface area (Å²) >= 11 is 0. The highest BCUT2D eigenvalue weighted by Crippen LogP contribution is 2.41. The topological polar surface area (TPSA) is 89.0 Å². The Morgan fingerprint density at radius 1 is 1.03 bits per heavy atom. The molecule has 184 valence electrons. The number of nitrogens with zero attached hydrogens (tertiary/aromatic N) is 2. The number of aliphatic hydroxyl groups is 1. The Morgan fingerprint density at radius 2 is 1.78 bits per heavy atom. The SMILES string of the molecule is CCOc1ccc(C2C(C(=O)C=Cc3ccccc3)=C(O)C(=O)N2Cc2cccnc2)cc1OCC. The lowest BCUT2D eigenvalue weighted by Crippen LogP contribution is -2.30. The summed E-state index contributed by atoms with van der Waals surface area (Å²) in [7, 11) is 0. The van der Waals surface area contributed by atoms with Crippen molar-refractivity contribution >= 4 is 17.8 Å². The van der Waals surface area contributed by atoms with E-state index in [9.17, 15) is 14.7 Å². The van der Waals surface area contributed by atoms with Gasteiger partial charge in [0, 0.05) is 18.9 Å². The lowest BCUT2D eigenvalue weighted by Gasteiger charge is -2.27. The molecule has 1 aliphatic rings. The van der Waals surface area contributed by atoms with E-state index in [1.165, 1.54) is 11.0 Å². The Hall–Kier alpha value is -4.39. The van der Waals surface area contributed by atoms with E-state index in [1.807, 2.05) is 50.2 Å². The summed E-state index contributed by atoms with van der Waals surface area (Å²) in [5.41, 5.74) is 2.24. The van der Waals surface area contributed by atoms with Crippen LogP contribution in [0.4, 0.5) is 0 Å². The number of rotatable bonds is 10. The first-order valence-electron chi connectivity index (χ1n) is 11.8. The van der Waals surface area contributed by atoms with Gasteiger partial charge in [-0.3, -0.25) is 14.6 Å². The molecule has 1 amide bonds. The van der Waals surface area contributed by atoms with Gasteiger partial charge in [0.1, 0.15) is 0 Å². The molecule has 1 aliphatic heterocycles. The third-order valence-electron chi connectivity index (χ3n) is 5.75. The van der Waals surface area contributed by atoms with Crippen LogP contribution in [0.1, 0.15) is 36.6 Å². The molecule has 2 heterocycles. The van der Waals surface area contributed by atoms with E-state index < -0.39 is 23.5 Å². The zero-order chi connectivity index (χ0) is 25.5. The van der Waals surface area contributed by atoms with Gasteiger partial charge in [0.25, 0.3) is 5.91 Å². The maximum Gasteiger partial charge on any atom is 0.290 e. The second kappa shape index (κ2) is 11.4. The minimum absolute atomic E-state index is 0.0164. The Morgan fingerprint density at radius 3 is 2.47 bits per heavy atom. The first-order valence-corrected chi connectivity index (χ1v) is 11.8. The molecule has 0 aliphatic carbocycles. The molecule has 3 aromatic rings. The van der Waals surface area contributed by atoms with Gasteiger partial charge in [0.2, 0.25) is 0 Å². The molecular weight excluding hydrogens is 456 g/mol. The van der Waals surface area contributed by atoms with Crippen molar-refractivity contribution < 1.29 is 24.2 Å². The first kappa shape index (κ1) is 24.7. The van der Waals surface area contributed by atoms with E-state index >= 15 is 0 Å². The number of pyridine rings is 1. The zero-order valence-corrected chi connectivity index (χ0v) is 20.3. The fourth-order valence-electron chi connectivity index (χ4n) is 4.17. The Balaban J connectivity index is 1.77. The number of carbonyl (C=O) groups excluding carboxylic acids is 2. The van der Waals surface area contributed by atoms with Crippen LogP contribution in [-0.4, -0.2) is 39.9 Å². The van der Waals surface area contributed by atoms with Gasteiger partial charge in [-0.1, -0.05) is 48.5 Å². The molecule has 1 atom stereocenters. The van der Waals surface area contributed by atoms with Gasteiger partial charge in [0.05, 0.1) is 24.8 Å². The van der Waals surface area contributed by atoms with E-state index in [0.717, 1.165) is 11.1 Å². The van der Waals surface area contributed by atoms with Gasteiger partial charge < -0.3 is 19.5 Å². The van der Waals surface area contributed by atoms with Gasteiger partial charge in [-0.15, -0.1) is 0 Å². The third-order valence-corrected chi connectivity index (χ3v) is 5.75. The average molecular weight is 485 g/mol. The number of allylic oxidation sites excluding steroid dienone is 1. The second-order valence-electron chi connectivity index (χ2n) is 8.14. The second-order valence-corrected chi connectivity index (χ2v) is 8.14. The fraction of sp³-hybridized carbons (Fsp3) is 0.207. The van der Waals surface area contributed by atoms with Crippen molar-refractivity contribution in [3.8, 4) is 11.5 Å². The highest BCUT2D eigenvalue weighted by molar-refractivity contribution is 6.14. The van der Waals surface area contributed by atoms with Gasteiger partial charge in [-0.05, 0) is 54.8 Å². The molecule has 0 saturated carbocycles. The lowest BCUT2D eigenvalue weighted by molar-refractivity contribution is -0.130. The van der Waals surface area contributed by atoms with E-state index in [1.54, 1.807) is 42.7 Å². The summed E-state index contributed by atoms with van der Waals surface area (Å²) in [6, 6.07) is 17.5. The third kappa shape index (κ3) is 5.30. The van der Waals surface area contributed by atoms with E-state index in [2.05, 4.69) is 4.98 Å². The van der Waals surface area contributed by atoms with Crippen LogP contribution < -0.4 is 9.47 Å². The first-order chi connectivity index (χ1) is 17.5. The van der Waals surface area contributed by atoms with Crippen LogP contribution in [0.15, 0.2) is 90.5 Å². The molecule has 0 bridgehead atoms. The number of aliphatic hydroxyl groups excluding tert-OH is 1. The van der Waals surface area contributed by atoms with Crippen LogP contribution in [0.2, 0.25) is 0 Å². The van der Waals surface area contributed by atoms with Crippen molar-refractivity contribution in [2.75, 3.05) is 13.2 Å². The number of hydrogen-bond donors (Lipinski definition) is 1. The number of aromatic nitrogens is 1. The van der Waals surface area contributed by atoms with Gasteiger partial charge >= 0.3 is 0 Å². The highest BCUT2D eigenvalue weighted by atomic mass is 16.5. The highest BCUT2D eigenvalue weighted by Gasteiger charge is 2.43. The fourth-order valence-corrected chi connectivity index (χ4v) is 4.17. The van der Waals surface area contributed by atoms with Crippen LogP contribution in [0, 0.1) is 0 Å². The minimum atomic E-state index is -0.819. The number of ether oxygens (including phenoxy) is 2. The molecule has 0 saturated heterocycles. The lowest BCUT2D eigenvalue weighted by atomic mass is 9.95. The van der Waals surface area contributed by atoms with Gasteiger partial charge in [-0.2, -0.15) is 0 Å². The van der Waals surface area contributed by atoms with Gasteiger partial charge in [-0.25, -0.2) is 0 Å². The molecule has 1 aromatic heterocycles. The normalized spacial score (nSPS) is 15.6. The number of carbonyl (C=O) groups is 2. The quantitative estimate of drug-likeness (QED) is 0.405. The van der Waals surface area contributed by atoms with E-state index in [4.69, 9.17) is 9.47 Å². The summed E-state index contributed by atoms with van der Waals surface area (Å²) in [4.78, 5) is 32.2. The molecule has 1 N–H and O–H groups in total. The maximum absolute atomic E-state index is 13.4. The van der Waals surface area contributed by atoms with E-state index in [0.29, 0.717) is 30.3 Å². The number of amides is 1. The number of ketones is 1. The molecule has 7 heteroatoms. The van der Waals surface area contributed by atoms with Crippen molar-refractivity contribution in [3.63, 3.8) is 0 Å². The van der Waals surface area contributed by atoms with E-state index in [-0.39, 0.29) is 12.1 Å². The largest absolute Gasteiger partial charge is 0.503 e. The number of hydrogen-bond acceptors (Lipinski definition) is 6. The smallest absolute Gasteiger partial charge is 0.290 e. The summed E-state index contributed by atoms with van der Waals surface area (Å²) in [6.07, 6.45) is 6.34. The van der Waals surface area contributed by atoms with Crippen molar-refractivity contribution in [3.05, 3.63) is 107 Å². The maximum atomic E-state index is 13.4. The summed E-state index contributed by atoms with van der Waals surface area (Å²) < 4.78 is 11.5. The Bertz CT molecular complexity index is 1290.